The average molecular weight is 279 g/mol. The fourth-order valence-corrected chi connectivity index (χ4v) is 2.03. The number of aliphatic carboxylic acids is 1. The van der Waals surface area contributed by atoms with Gasteiger partial charge in [-0.15, -0.1) is 0 Å². The first-order valence-electron chi connectivity index (χ1n) is 5.79. The Hall–Kier alpha value is -1.87. The van der Waals surface area contributed by atoms with Gasteiger partial charge in [0.25, 0.3) is 0 Å². The van der Waals surface area contributed by atoms with Crippen molar-refractivity contribution >= 4 is 17.6 Å². The van der Waals surface area contributed by atoms with Crippen molar-refractivity contribution in [3.63, 3.8) is 0 Å². The highest BCUT2D eigenvalue weighted by Crippen LogP contribution is 2.23. The maximum absolute atomic E-state index is 12.8. The van der Waals surface area contributed by atoms with E-state index in [1.54, 1.807) is 36.4 Å². The molecule has 0 spiro atoms. The molecule has 0 aliphatic heterocycles. The zero-order valence-corrected chi connectivity index (χ0v) is 10.8. The zero-order valence-electron chi connectivity index (χ0n) is 10.0. The molecule has 98 valence electrons. The van der Waals surface area contributed by atoms with Gasteiger partial charge in [0, 0.05) is 5.02 Å². The van der Waals surface area contributed by atoms with Crippen LogP contribution in [-0.4, -0.2) is 11.1 Å². The second-order valence-corrected chi connectivity index (χ2v) is 4.71. The summed E-state index contributed by atoms with van der Waals surface area (Å²) >= 11 is 5.78. The van der Waals surface area contributed by atoms with Crippen molar-refractivity contribution in [1.29, 1.82) is 0 Å². The molecule has 0 amide bonds. The van der Waals surface area contributed by atoms with Crippen LogP contribution >= 0.6 is 11.6 Å². The van der Waals surface area contributed by atoms with Crippen molar-refractivity contribution in [3.8, 4) is 0 Å². The minimum atomic E-state index is -0.911. The van der Waals surface area contributed by atoms with Crippen molar-refractivity contribution in [2.45, 2.75) is 12.3 Å². The summed E-state index contributed by atoms with van der Waals surface area (Å²) in [6.07, 6.45) is 0.317. The van der Waals surface area contributed by atoms with Gasteiger partial charge < -0.3 is 5.11 Å². The van der Waals surface area contributed by atoms with Gasteiger partial charge in [0.2, 0.25) is 0 Å². The third-order valence-corrected chi connectivity index (χ3v) is 3.18. The van der Waals surface area contributed by atoms with Gasteiger partial charge in [0.1, 0.15) is 5.82 Å². The summed E-state index contributed by atoms with van der Waals surface area (Å²) in [4.78, 5) is 11.3. The van der Waals surface area contributed by atoms with Crippen LogP contribution < -0.4 is 0 Å². The molecule has 0 radical (unpaired) electrons. The van der Waals surface area contributed by atoms with Crippen LogP contribution in [0.25, 0.3) is 0 Å². The molecule has 1 N–H and O–H groups in total. The molecule has 1 unspecified atom stereocenters. The predicted octanol–water partition coefficient (Wildman–Crippen LogP) is 3.89. The van der Waals surface area contributed by atoms with Gasteiger partial charge in [-0.05, 0) is 41.8 Å². The van der Waals surface area contributed by atoms with Gasteiger partial charge in [-0.1, -0.05) is 35.9 Å². The third kappa shape index (κ3) is 3.55. The number of carbonyl (C=O) groups is 1. The topological polar surface area (TPSA) is 37.3 Å². The molecule has 1 atom stereocenters. The molecule has 2 aromatic carbocycles. The molecule has 2 nitrogen and oxygen atoms in total. The van der Waals surface area contributed by atoms with Crippen molar-refractivity contribution < 1.29 is 14.3 Å². The van der Waals surface area contributed by atoms with Gasteiger partial charge in [0.05, 0.1) is 5.92 Å². The number of hydrogen-bond acceptors (Lipinski definition) is 1. The number of benzene rings is 2. The molecular weight excluding hydrogens is 267 g/mol. The lowest BCUT2D eigenvalue weighted by molar-refractivity contribution is -0.138. The summed E-state index contributed by atoms with van der Waals surface area (Å²) in [6.45, 7) is 0. The Kier molecular flexibility index (Phi) is 4.17. The monoisotopic (exact) mass is 278 g/mol. The summed E-state index contributed by atoms with van der Waals surface area (Å²) in [6, 6.07) is 12.6. The smallest absolute Gasteiger partial charge is 0.311 e. The molecule has 0 aliphatic rings. The lowest BCUT2D eigenvalue weighted by Crippen LogP contribution is -2.14. The fraction of sp³-hybridized carbons (Fsp3) is 0.133. The van der Waals surface area contributed by atoms with E-state index in [1.165, 1.54) is 12.1 Å². The normalized spacial score (nSPS) is 12.1. The van der Waals surface area contributed by atoms with E-state index in [2.05, 4.69) is 0 Å². The summed E-state index contributed by atoms with van der Waals surface area (Å²) in [5, 5.41) is 9.87. The molecule has 0 saturated carbocycles. The van der Waals surface area contributed by atoms with Crippen LogP contribution in [0.4, 0.5) is 4.39 Å². The van der Waals surface area contributed by atoms with E-state index in [0.717, 1.165) is 5.56 Å². The van der Waals surface area contributed by atoms with Gasteiger partial charge in [-0.2, -0.15) is 0 Å². The van der Waals surface area contributed by atoms with Crippen LogP contribution in [0.2, 0.25) is 5.02 Å². The van der Waals surface area contributed by atoms with Gasteiger partial charge in [-0.3, -0.25) is 4.79 Å². The molecule has 19 heavy (non-hydrogen) atoms. The van der Waals surface area contributed by atoms with Crippen LogP contribution in [0.5, 0.6) is 0 Å². The van der Waals surface area contributed by atoms with Gasteiger partial charge >= 0.3 is 5.97 Å². The van der Waals surface area contributed by atoms with Gasteiger partial charge in [-0.25, -0.2) is 4.39 Å². The largest absolute Gasteiger partial charge is 0.481 e. The number of rotatable bonds is 4. The molecular formula is C15H12ClFO2. The Bertz CT molecular complexity index is 564. The van der Waals surface area contributed by atoms with E-state index in [0.29, 0.717) is 17.0 Å². The van der Waals surface area contributed by atoms with E-state index in [-0.39, 0.29) is 5.82 Å². The van der Waals surface area contributed by atoms with E-state index < -0.39 is 11.9 Å². The first-order chi connectivity index (χ1) is 9.06. The van der Waals surface area contributed by atoms with Crippen LogP contribution in [0, 0.1) is 5.82 Å². The Morgan fingerprint density at radius 2 is 1.68 bits per heavy atom. The highest BCUT2D eigenvalue weighted by Gasteiger charge is 2.20. The predicted molar refractivity (Wildman–Crippen MR) is 71.9 cm³/mol. The third-order valence-electron chi connectivity index (χ3n) is 2.92. The van der Waals surface area contributed by atoms with Crippen molar-refractivity contribution in [3.05, 3.63) is 70.5 Å². The van der Waals surface area contributed by atoms with Crippen molar-refractivity contribution in [2.24, 2.45) is 0 Å². The first-order valence-corrected chi connectivity index (χ1v) is 6.17. The Balaban J connectivity index is 2.23. The highest BCUT2D eigenvalue weighted by atomic mass is 35.5. The number of carboxylic acid groups (broad SMARTS) is 1. The minimum Gasteiger partial charge on any atom is -0.481 e. The number of halogens is 2. The molecule has 0 fully saturated rings. The second-order valence-electron chi connectivity index (χ2n) is 4.27. The summed E-state index contributed by atoms with van der Waals surface area (Å²) in [5.41, 5.74) is 1.46. The minimum absolute atomic E-state index is 0.317. The van der Waals surface area contributed by atoms with E-state index in [4.69, 9.17) is 11.6 Å². The van der Waals surface area contributed by atoms with E-state index in [1.807, 2.05) is 0 Å². The molecule has 0 bridgehead atoms. The maximum Gasteiger partial charge on any atom is 0.311 e. The molecule has 0 aliphatic carbocycles. The van der Waals surface area contributed by atoms with E-state index in [9.17, 15) is 14.3 Å². The molecule has 2 aromatic rings. The van der Waals surface area contributed by atoms with Crippen molar-refractivity contribution in [1.82, 2.24) is 0 Å². The molecule has 0 saturated heterocycles. The van der Waals surface area contributed by atoms with E-state index >= 15 is 0 Å². The average Bonchev–Trinajstić information content (AvgIpc) is 2.39. The highest BCUT2D eigenvalue weighted by molar-refractivity contribution is 6.30. The standard InChI is InChI=1S/C15H12ClFO2/c16-12-5-3-11(4-6-12)14(15(18)19)9-10-1-7-13(17)8-2-10/h1-8,14H,9H2,(H,18,19). The fourth-order valence-electron chi connectivity index (χ4n) is 1.90. The molecule has 0 aromatic heterocycles. The SMILES string of the molecule is O=C(O)C(Cc1ccc(F)cc1)c1ccc(Cl)cc1. The van der Waals surface area contributed by atoms with Gasteiger partial charge in [0.15, 0.2) is 0 Å². The molecule has 0 heterocycles. The Labute approximate surface area is 115 Å². The van der Waals surface area contributed by atoms with Crippen LogP contribution in [-0.2, 0) is 11.2 Å². The maximum atomic E-state index is 12.8. The summed E-state index contributed by atoms with van der Waals surface area (Å²) in [7, 11) is 0. The Morgan fingerprint density at radius 1 is 1.11 bits per heavy atom. The van der Waals surface area contributed by atoms with Crippen LogP contribution in [0.1, 0.15) is 17.0 Å². The number of carboxylic acids is 1. The first kappa shape index (κ1) is 13.6. The number of hydrogen-bond donors (Lipinski definition) is 1. The van der Waals surface area contributed by atoms with Crippen LogP contribution in [0.3, 0.4) is 0 Å². The lowest BCUT2D eigenvalue weighted by atomic mass is 9.92. The Morgan fingerprint density at radius 3 is 2.21 bits per heavy atom. The summed E-state index contributed by atoms with van der Waals surface area (Å²) in [5.74, 6) is -1.91. The quantitative estimate of drug-likeness (QED) is 0.921. The second kappa shape index (κ2) is 5.85. The molecule has 4 heteroatoms. The zero-order chi connectivity index (χ0) is 13.8. The summed E-state index contributed by atoms with van der Waals surface area (Å²) < 4.78 is 12.8. The van der Waals surface area contributed by atoms with Crippen molar-refractivity contribution in [2.75, 3.05) is 0 Å². The lowest BCUT2D eigenvalue weighted by Gasteiger charge is -2.13. The molecule has 2 rings (SSSR count). The van der Waals surface area contributed by atoms with Crippen LogP contribution in [0.15, 0.2) is 48.5 Å².